The number of fused-ring (bicyclic) bond motifs is 1. The minimum Gasteiger partial charge on any atom is -0.361 e. The van der Waals surface area contributed by atoms with Crippen molar-refractivity contribution >= 4 is 28.6 Å². The second-order valence-electron chi connectivity index (χ2n) is 6.10. The molecule has 3 aromatic rings. The Morgan fingerprint density at radius 3 is 2.85 bits per heavy atom. The topological polar surface area (TPSA) is 90.6 Å². The number of amides is 1. The number of aromatic nitrogens is 3. The van der Waals surface area contributed by atoms with Crippen LogP contribution in [-0.4, -0.2) is 33.7 Å². The van der Waals surface area contributed by atoms with E-state index in [0.29, 0.717) is 29.4 Å². The van der Waals surface area contributed by atoms with Crippen molar-refractivity contribution in [3.05, 3.63) is 57.6 Å². The fourth-order valence-electron chi connectivity index (χ4n) is 2.98. The number of H-pyrrole nitrogens is 2. The number of aryl methyl sites for hydroxylation is 1. The molecule has 0 atom stereocenters. The smallest absolute Gasteiger partial charge is 0.254 e. The van der Waals surface area contributed by atoms with E-state index in [1.807, 2.05) is 30.7 Å². The highest BCUT2D eigenvalue weighted by Gasteiger charge is 2.10. The Morgan fingerprint density at radius 2 is 2.08 bits per heavy atom. The van der Waals surface area contributed by atoms with Crippen molar-refractivity contribution in [3.63, 3.8) is 0 Å². The first-order chi connectivity index (χ1) is 12.6. The molecule has 1 aromatic carbocycles. The molecule has 0 aliphatic heterocycles. The van der Waals surface area contributed by atoms with Crippen LogP contribution in [-0.2, 0) is 17.6 Å². The molecule has 1 amide bonds. The summed E-state index contributed by atoms with van der Waals surface area (Å²) in [4.78, 5) is 34.5. The number of aromatic amines is 2. The van der Waals surface area contributed by atoms with Gasteiger partial charge in [-0.05, 0) is 37.7 Å². The molecule has 0 saturated carbocycles. The van der Waals surface area contributed by atoms with Crippen molar-refractivity contribution in [1.29, 1.82) is 0 Å². The summed E-state index contributed by atoms with van der Waals surface area (Å²) >= 11 is 1.39. The van der Waals surface area contributed by atoms with Crippen LogP contribution in [0.15, 0.2) is 40.4 Å². The van der Waals surface area contributed by atoms with Crippen molar-refractivity contribution < 1.29 is 4.79 Å². The van der Waals surface area contributed by atoms with Gasteiger partial charge < -0.3 is 15.3 Å². The van der Waals surface area contributed by atoms with Crippen LogP contribution in [0, 0.1) is 6.92 Å². The van der Waals surface area contributed by atoms with Gasteiger partial charge in [-0.1, -0.05) is 30.0 Å². The van der Waals surface area contributed by atoms with Gasteiger partial charge >= 0.3 is 0 Å². The predicted molar refractivity (Wildman–Crippen MR) is 105 cm³/mol. The number of benzene rings is 1. The quantitative estimate of drug-likeness (QED) is 0.440. The Morgan fingerprint density at radius 1 is 1.27 bits per heavy atom. The molecule has 26 heavy (non-hydrogen) atoms. The number of hydrogen-bond donors (Lipinski definition) is 3. The largest absolute Gasteiger partial charge is 0.361 e. The first kappa shape index (κ1) is 18.3. The summed E-state index contributed by atoms with van der Waals surface area (Å²) in [6, 6.07) is 8.11. The van der Waals surface area contributed by atoms with E-state index in [1.54, 1.807) is 6.92 Å². The van der Waals surface area contributed by atoms with Gasteiger partial charge in [-0.15, -0.1) is 0 Å². The van der Waals surface area contributed by atoms with Crippen LogP contribution in [0.5, 0.6) is 0 Å². The van der Waals surface area contributed by atoms with E-state index in [4.69, 9.17) is 0 Å². The van der Waals surface area contributed by atoms with E-state index in [-0.39, 0.29) is 17.9 Å². The molecule has 0 bridgehead atoms. The van der Waals surface area contributed by atoms with Crippen molar-refractivity contribution in [1.82, 2.24) is 20.3 Å². The van der Waals surface area contributed by atoms with Gasteiger partial charge in [0.2, 0.25) is 5.91 Å². The Bertz CT molecular complexity index is 977. The van der Waals surface area contributed by atoms with Gasteiger partial charge in [-0.2, -0.15) is 0 Å². The molecule has 6 nitrogen and oxygen atoms in total. The third kappa shape index (κ3) is 4.16. The van der Waals surface area contributed by atoms with Crippen LogP contribution in [0.1, 0.15) is 23.2 Å². The van der Waals surface area contributed by atoms with Gasteiger partial charge in [0.15, 0.2) is 5.16 Å². The fourth-order valence-corrected chi connectivity index (χ4v) is 3.40. The molecule has 0 fully saturated rings. The van der Waals surface area contributed by atoms with E-state index in [1.165, 1.54) is 22.7 Å². The van der Waals surface area contributed by atoms with Crippen LogP contribution < -0.4 is 10.9 Å². The maximum atomic E-state index is 12.1. The second-order valence-corrected chi connectivity index (χ2v) is 6.89. The van der Waals surface area contributed by atoms with Crippen LogP contribution in [0.2, 0.25) is 0 Å². The summed E-state index contributed by atoms with van der Waals surface area (Å²) in [7, 11) is 0. The third-order valence-electron chi connectivity index (χ3n) is 4.39. The minimum atomic E-state index is -0.159. The first-order valence-corrected chi connectivity index (χ1v) is 9.76. The fraction of sp³-hybridized carbons (Fsp3) is 0.316. The monoisotopic (exact) mass is 370 g/mol. The summed E-state index contributed by atoms with van der Waals surface area (Å²) < 4.78 is 0. The van der Waals surface area contributed by atoms with Crippen LogP contribution in [0.3, 0.4) is 0 Å². The lowest BCUT2D eigenvalue weighted by molar-refractivity contribution is -0.121. The van der Waals surface area contributed by atoms with E-state index in [9.17, 15) is 9.59 Å². The van der Waals surface area contributed by atoms with E-state index < -0.39 is 0 Å². The first-order valence-electron chi connectivity index (χ1n) is 8.54. The van der Waals surface area contributed by atoms with Crippen molar-refractivity contribution in [2.45, 2.75) is 31.3 Å². The number of para-hydroxylation sites is 1. The highest BCUT2D eigenvalue weighted by molar-refractivity contribution is 7.98. The SMILES string of the molecule is CSc1nc(C)c(CCC(=O)NCCc2c[nH]c3ccccc23)c(=O)[nH]1. The number of thioether (sulfide) groups is 1. The standard InChI is InChI=1S/C19H22N4O2S/c1-12-14(18(25)23-19(22-12)26-2)7-8-17(24)20-10-9-13-11-21-16-6-4-3-5-15(13)16/h3-6,11,21H,7-10H2,1-2H3,(H,20,24)(H,22,23,25). The maximum Gasteiger partial charge on any atom is 0.254 e. The van der Waals surface area contributed by atoms with E-state index in [2.05, 4.69) is 26.3 Å². The van der Waals surface area contributed by atoms with E-state index in [0.717, 1.165) is 11.9 Å². The highest BCUT2D eigenvalue weighted by Crippen LogP contribution is 2.17. The van der Waals surface area contributed by atoms with Gasteiger partial charge in [-0.3, -0.25) is 9.59 Å². The molecular weight excluding hydrogens is 348 g/mol. The summed E-state index contributed by atoms with van der Waals surface area (Å²) in [6.07, 6.45) is 5.27. The summed E-state index contributed by atoms with van der Waals surface area (Å²) in [6.45, 7) is 2.37. The third-order valence-corrected chi connectivity index (χ3v) is 4.97. The van der Waals surface area contributed by atoms with Crippen LogP contribution in [0.25, 0.3) is 10.9 Å². The Balaban J connectivity index is 1.51. The predicted octanol–water partition coefficient (Wildman–Crippen LogP) is 2.57. The van der Waals surface area contributed by atoms with Crippen molar-refractivity contribution in [3.8, 4) is 0 Å². The molecule has 0 aliphatic rings. The van der Waals surface area contributed by atoms with Crippen molar-refractivity contribution in [2.75, 3.05) is 12.8 Å². The van der Waals surface area contributed by atoms with Crippen LogP contribution in [0.4, 0.5) is 0 Å². The van der Waals surface area contributed by atoms with Crippen LogP contribution >= 0.6 is 11.8 Å². The molecule has 0 radical (unpaired) electrons. The van der Waals surface area contributed by atoms with Gasteiger partial charge in [0.25, 0.3) is 5.56 Å². The summed E-state index contributed by atoms with van der Waals surface area (Å²) in [5.74, 6) is -0.0578. The summed E-state index contributed by atoms with van der Waals surface area (Å²) in [5.41, 5.74) is 3.39. The molecule has 7 heteroatoms. The minimum absolute atomic E-state index is 0.0578. The number of nitrogens with zero attached hydrogens (tertiary/aromatic N) is 1. The lowest BCUT2D eigenvalue weighted by Crippen LogP contribution is -2.27. The highest BCUT2D eigenvalue weighted by atomic mass is 32.2. The van der Waals surface area contributed by atoms with Crippen molar-refractivity contribution in [2.24, 2.45) is 0 Å². The second kappa shape index (κ2) is 8.23. The Labute approximate surface area is 155 Å². The zero-order chi connectivity index (χ0) is 18.5. The lowest BCUT2D eigenvalue weighted by atomic mass is 10.1. The zero-order valence-electron chi connectivity index (χ0n) is 14.9. The number of carbonyl (C=O) groups excluding carboxylic acids is 1. The zero-order valence-corrected chi connectivity index (χ0v) is 15.7. The number of nitrogens with one attached hydrogen (secondary N) is 3. The molecule has 0 aliphatic carbocycles. The molecule has 0 saturated heterocycles. The molecule has 3 rings (SSSR count). The molecule has 2 aromatic heterocycles. The van der Waals surface area contributed by atoms with E-state index >= 15 is 0 Å². The lowest BCUT2D eigenvalue weighted by Gasteiger charge is -2.07. The number of hydrogen-bond acceptors (Lipinski definition) is 4. The number of carbonyl (C=O) groups is 1. The van der Waals surface area contributed by atoms with Gasteiger partial charge in [0.1, 0.15) is 0 Å². The molecule has 3 N–H and O–H groups in total. The number of rotatable bonds is 7. The maximum absolute atomic E-state index is 12.1. The molecule has 2 heterocycles. The van der Waals surface area contributed by atoms with Gasteiger partial charge in [-0.25, -0.2) is 4.98 Å². The Hall–Kier alpha value is -2.54. The summed E-state index contributed by atoms with van der Waals surface area (Å²) in [5, 5.41) is 4.71. The Kier molecular flexibility index (Phi) is 5.78. The normalized spacial score (nSPS) is 11.0. The molecule has 0 spiro atoms. The molecule has 136 valence electrons. The molecular formula is C19H22N4O2S. The van der Waals surface area contributed by atoms with Gasteiger partial charge in [0, 0.05) is 41.3 Å². The average Bonchev–Trinajstić information content (AvgIpc) is 3.04. The average molecular weight is 370 g/mol. The van der Waals surface area contributed by atoms with Gasteiger partial charge in [0.05, 0.1) is 0 Å². The molecule has 0 unspecified atom stereocenters.